The number of hydrogen-bond donors (Lipinski definition) is 2. The Labute approximate surface area is 112 Å². The summed E-state index contributed by atoms with van der Waals surface area (Å²) in [4.78, 5) is 22.9. The van der Waals surface area contributed by atoms with Crippen molar-refractivity contribution < 1.29 is 9.72 Å². The Morgan fingerprint density at radius 3 is 2.68 bits per heavy atom. The fourth-order valence-corrected chi connectivity index (χ4v) is 2.77. The summed E-state index contributed by atoms with van der Waals surface area (Å²) in [6.45, 7) is 0. The van der Waals surface area contributed by atoms with Crippen molar-refractivity contribution in [3.05, 3.63) is 57.0 Å². The van der Waals surface area contributed by atoms with Gasteiger partial charge in [0.25, 0.3) is 5.91 Å². The van der Waals surface area contributed by atoms with Crippen molar-refractivity contribution in [2.45, 2.75) is 6.17 Å². The maximum absolute atomic E-state index is 11.9. The van der Waals surface area contributed by atoms with Gasteiger partial charge >= 0.3 is 5.00 Å². The van der Waals surface area contributed by atoms with Crippen molar-refractivity contribution in [3.63, 3.8) is 0 Å². The number of hydrogen-bond acceptors (Lipinski definition) is 5. The minimum Gasteiger partial charge on any atom is -0.360 e. The van der Waals surface area contributed by atoms with Crippen LogP contribution in [0.5, 0.6) is 0 Å². The average molecular weight is 275 g/mol. The molecule has 2 aromatic rings. The van der Waals surface area contributed by atoms with Crippen LogP contribution in [0.1, 0.15) is 21.4 Å². The van der Waals surface area contributed by atoms with Crippen molar-refractivity contribution in [1.82, 2.24) is 5.32 Å². The molecule has 0 saturated carbocycles. The number of nitrogens with zero attached hydrogens (tertiary/aromatic N) is 1. The molecule has 1 aliphatic rings. The van der Waals surface area contributed by atoms with Crippen molar-refractivity contribution in [2.75, 3.05) is 5.32 Å². The summed E-state index contributed by atoms with van der Waals surface area (Å²) in [6, 6.07) is 10.2. The zero-order valence-corrected chi connectivity index (χ0v) is 10.4. The lowest BCUT2D eigenvalue weighted by molar-refractivity contribution is -0.380. The van der Waals surface area contributed by atoms with Crippen molar-refractivity contribution in [1.29, 1.82) is 0 Å². The van der Waals surface area contributed by atoms with Gasteiger partial charge in [0.05, 0.1) is 15.4 Å². The number of thiophene rings is 1. The lowest BCUT2D eigenvalue weighted by atomic mass is 10.1. The monoisotopic (exact) mass is 275 g/mol. The second-order valence-corrected chi connectivity index (χ2v) is 5.12. The Morgan fingerprint density at radius 2 is 1.95 bits per heavy atom. The van der Waals surface area contributed by atoms with Gasteiger partial charge in [0, 0.05) is 11.8 Å². The maximum atomic E-state index is 11.9. The Balaban J connectivity index is 1.92. The van der Waals surface area contributed by atoms with Gasteiger partial charge in [0.2, 0.25) is 0 Å². The molecule has 96 valence electrons. The maximum Gasteiger partial charge on any atom is 0.324 e. The van der Waals surface area contributed by atoms with Gasteiger partial charge in [-0.1, -0.05) is 23.5 Å². The molecule has 2 heterocycles. The molecule has 1 aromatic carbocycles. The number of fused-ring (bicyclic) bond motifs is 1. The molecule has 1 aromatic heterocycles. The van der Waals surface area contributed by atoms with Gasteiger partial charge in [0.1, 0.15) is 6.17 Å². The Bertz CT molecular complexity index is 668. The van der Waals surface area contributed by atoms with Gasteiger partial charge in [-0.15, -0.1) is 0 Å². The predicted molar refractivity (Wildman–Crippen MR) is 71.2 cm³/mol. The van der Waals surface area contributed by atoms with E-state index in [9.17, 15) is 14.9 Å². The average Bonchev–Trinajstić information content (AvgIpc) is 2.88. The van der Waals surface area contributed by atoms with E-state index in [-0.39, 0.29) is 10.9 Å². The van der Waals surface area contributed by atoms with Gasteiger partial charge in [0.15, 0.2) is 0 Å². The number of carbonyl (C=O) groups is 1. The van der Waals surface area contributed by atoms with Crippen molar-refractivity contribution in [3.8, 4) is 0 Å². The van der Waals surface area contributed by atoms with Crippen LogP contribution in [0.4, 0.5) is 10.7 Å². The summed E-state index contributed by atoms with van der Waals surface area (Å²) in [6.07, 6.45) is -0.430. The Hall–Kier alpha value is -2.41. The third-order valence-electron chi connectivity index (χ3n) is 2.82. The molecule has 1 unspecified atom stereocenters. The van der Waals surface area contributed by atoms with E-state index in [0.29, 0.717) is 10.4 Å². The number of carbonyl (C=O) groups excluding carboxylic acids is 1. The Kier molecular flexibility index (Phi) is 2.68. The summed E-state index contributed by atoms with van der Waals surface area (Å²) in [5.74, 6) is -0.185. The first-order valence-corrected chi connectivity index (χ1v) is 6.37. The van der Waals surface area contributed by atoms with E-state index in [1.807, 2.05) is 12.1 Å². The largest absolute Gasteiger partial charge is 0.360 e. The highest BCUT2D eigenvalue weighted by Crippen LogP contribution is 2.32. The highest BCUT2D eigenvalue weighted by molar-refractivity contribution is 7.15. The molecule has 19 heavy (non-hydrogen) atoms. The number of para-hydroxylation sites is 1. The zero-order valence-electron chi connectivity index (χ0n) is 9.62. The molecule has 0 spiro atoms. The smallest absolute Gasteiger partial charge is 0.324 e. The molecule has 1 amide bonds. The summed E-state index contributed by atoms with van der Waals surface area (Å²) in [5, 5.41) is 16.7. The van der Waals surface area contributed by atoms with Gasteiger partial charge in [-0.05, 0) is 18.2 Å². The molecule has 1 atom stereocenters. The Morgan fingerprint density at radius 1 is 1.16 bits per heavy atom. The topological polar surface area (TPSA) is 84.3 Å². The van der Waals surface area contributed by atoms with Crippen LogP contribution in [0, 0.1) is 10.1 Å². The summed E-state index contributed by atoms with van der Waals surface area (Å²) < 4.78 is 0. The molecular formula is C12H9N3O3S. The molecule has 7 heteroatoms. The van der Waals surface area contributed by atoms with Crippen LogP contribution >= 0.6 is 11.3 Å². The van der Waals surface area contributed by atoms with Crippen molar-refractivity contribution >= 4 is 27.9 Å². The summed E-state index contributed by atoms with van der Waals surface area (Å²) in [7, 11) is 0. The van der Waals surface area contributed by atoms with Crippen molar-refractivity contribution in [2.24, 2.45) is 0 Å². The van der Waals surface area contributed by atoms with Crippen LogP contribution in [0.25, 0.3) is 0 Å². The van der Waals surface area contributed by atoms with E-state index in [1.54, 1.807) is 18.2 Å². The fourth-order valence-electron chi connectivity index (χ4n) is 1.95. The van der Waals surface area contributed by atoms with E-state index in [4.69, 9.17) is 0 Å². The number of nitrogens with one attached hydrogen (secondary N) is 2. The number of benzene rings is 1. The third kappa shape index (κ3) is 2.04. The first-order chi connectivity index (χ1) is 9.15. The highest BCUT2D eigenvalue weighted by atomic mass is 32.1. The SMILES string of the molecule is O=C1NC(c2ccc([N+](=O)[O-])s2)Nc2ccccc21. The molecule has 0 fully saturated rings. The zero-order chi connectivity index (χ0) is 13.4. The van der Waals surface area contributed by atoms with E-state index in [1.165, 1.54) is 6.07 Å². The van der Waals surface area contributed by atoms with Crippen LogP contribution < -0.4 is 10.6 Å². The molecule has 2 N–H and O–H groups in total. The van der Waals surface area contributed by atoms with Gasteiger partial charge in [-0.2, -0.15) is 0 Å². The minimum absolute atomic E-state index is 0.0601. The van der Waals surface area contributed by atoms with Gasteiger partial charge in [-0.25, -0.2) is 0 Å². The first kappa shape index (κ1) is 11.7. The predicted octanol–water partition coefficient (Wildman–Crippen LogP) is 2.51. The molecule has 0 saturated heterocycles. The molecule has 0 radical (unpaired) electrons. The van der Waals surface area contributed by atoms with Crippen LogP contribution in [0.15, 0.2) is 36.4 Å². The number of nitro groups is 1. The molecule has 1 aliphatic heterocycles. The highest BCUT2D eigenvalue weighted by Gasteiger charge is 2.26. The van der Waals surface area contributed by atoms with Crippen LogP contribution in [0.3, 0.4) is 0 Å². The van der Waals surface area contributed by atoms with Gasteiger partial charge in [-0.3, -0.25) is 14.9 Å². The quantitative estimate of drug-likeness (QED) is 0.651. The van der Waals surface area contributed by atoms with Gasteiger partial charge < -0.3 is 10.6 Å². The number of rotatable bonds is 2. The van der Waals surface area contributed by atoms with E-state index in [0.717, 1.165) is 17.0 Å². The molecule has 6 nitrogen and oxygen atoms in total. The van der Waals surface area contributed by atoms with E-state index >= 15 is 0 Å². The lowest BCUT2D eigenvalue weighted by Crippen LogP contribution is -2.37. The molecule has 0 aliphatic carbocycles. The standard InChI is InChI=1S/C12H9N3O3S/c16-12-7-3-1-2-4-8(7)13-11(14-12)9-5-6-10(19-9)15(17)18/h1-6,11,13H,(H,14,16). The molecule has 3 rings (SSSR count). The summed E-state index contributed by atoms with van der Waals surface area (Å²) >= 11 is 1.05. The van der Waals surface area contributed by atoms with E-state index < -0.39 is 11.1 Å². The lowest BCUT2D eigenvalue weighted by Gasteiger charge is -2.26. The third-order valence-corrected chi connectivity index (χ3v) is 3.93. The molecule has 0 bridgehead atoms. The van der Waals surface area contributed by atoms with Crippen LogP contribution in [-0.4, -0.2) is 10.8 Å². The molecular weight excluding hydrogens is 266 g/mol. The van der Waals surface area contributed by atoms with Crippen LogP contribution in [0.2, 0.25) is 0 Å². The van der Waals surface area contributed by atoms with E-state index in [2.05, 4.69) is 10.6 Å². The fraction of sp³-hybridized carbons (Fsp3) is 0.0833. The second kappa shape index (κ2) is 4.36. The first-order valence-electron chi connectivity index (χ1n) is 5.56. The minimum atomic E-state index is -0.438. The summed E-state index contributed by atoms with van der Waals surface area (Å²) in [5.41, 5.74) is 1.30. The number of amides is 1. The number of anilines is 1. The van der Waals surface area contributed by atoms with Crippen LogP contribution in [-0.2, 0) is 0 Å². The normalized spacial score (nSPS) is 17.3. The second-order valence-electron chi connectivity index (χ2n) is 4.03.